The molecule has 1 aromatic carbocycles. The zero-order valence-corrected chi connectivity index (χ0v) is 7.07. The first kappa shape index (κ1) is 9.25. The van der Waals surface area contributed by atoms with Gasteiger partial charge < -0.3 is 10.4 Å². The van der Waals surface area contributed by atoms with E-state index in [9.17, 15) is 9.59 Å². The van der Waals surface area contributed by atoms with E-state index in [0.29, 0.717) is 5.69 Å². The second-order valence-electron chi connectivity index (χ2n) is 2.63. The van der Waals surface area contributed by atoms with Crippen LogP contribution in [0.15, 0.2) is 24.3 Å². The highest BCUT2D eigenvalue weighted by Crippen LogP contribution is 2.08. The van der Waals surface area contributed by atoms with Gasteiger partial charge in [-0.2, -0.15) is 0 Å². The van der Waals surface area contributed by atoms with Gasteiger partial charge in [0.2, 0.25) is 0 Å². The normalized spacial score (nSPS) is 9.31. The first-order valence-electron chi connectivity index (χ1n) is 3.70. The number of anilines is 1. The van der Waals surface area contributed by atoms with Crippen molar-refractivity contribution in [3.05, 3.63) is 29.8 Å². The maximum absolute atomic E-state index is 10.7. The van der Waals surface area contributed by atoms with Gasteiger partial charge in [-0.25, -0.2) is 4.79 Å². The molecule has 13 heavy (non-hydrogen) atoms. The number of carbonyl (C=O) groups excluding carboxylic acids is 1. The lowest BCUT2D eigenvalue weighted by Gasteiger charge is -2.01. The predicted octanol–water partition coefficient (Wildman–Crippen LogP) is 1.02. The summed E-state index contributed by atoms with van der Waals surface area (Å²) >= 11 is 0. The number of carboxylic acid groups (broad SMARTS) is 1. The standard InChI is InChI=1S/C9H9NO3/c1-6-3-2-4-7(5-6)10-8(11)9(12)13/h2-5H,1H3,(H,10,11)(H,12,13). The Hall–Kier alpha value is -1.84. The topological polar surface area (TPSA) is 66.4 Å². The number of hydrogen-bond donors (Lipinski definition) is 2. The minimum atomic E-state index is -1.48. The summed E-state index contributed by atoms with van der Waals surface area (Å²) < 4.78 is 0. The lowest BCUT2D eigenvalue weighted by molar-refractivity contribution is -0.147. The van der Waals surface area contributed by atoms with Gasteiger partial charge in [-0.3, -0.25) is 4.79 Å². The molecule has 4 heteroatoms. The number of amides is 1. The summed E-state index contributed by atoms with van der Waals surface area (Å²) in [5, 5.41) is 10.5. The number of aryl methyl sites for hydroxylation is 1. The van der Waals surface area contributed by atoms with Crippen molar-refractivity contribution < 1.29 is 14.7 Å². The molecule has 1 rings (SSSR count). The van der Waals surface area contributed by atoms with E-state index in [2.05, 4.69) is 5.32 Å². The molecule has 0 aliphatic heterocycles. The van der Waals surface area contributed by atoms with Crippen LogP contribution in [0.2, 0.25) is 0 Å². The number of carboxylic acids is 1. The van der Waals surface area contributed by atoms with Crippen LogP contribution < -0.4 is 5.32 Å². The molecule has 2 N–H and O–H groups in total. The number of rotatable bonds is 1. The van der Waals surface area contributed by atoms with Gasteiger partial charge in [0, 0.05) is 5.69 Å². The Balaban J connectivity index is 2.75. The Labute approximate surface area is 75.2 Å². The fraction of sp³-hybridized carbons (Fsp3) is 0.111. The summed E-state index contributed by atoms with van der Waals surface area (Å²) in [6.07, 6.45) is 0. The summed E-state index contributed by atoms with van der Waals surface area (Å²) in [7, 11) is 0. The largest absolute Gasteiger partial charge is 0.474 e. The van der Waals surface area contributed by atoms with E-state index in [1.807, 2.05) is 13.0 Å². The zero-order valence-electron chi connectivity index (χ0n) is 7.07. The number of hydrogen-bond acceptors (Lipinski definition) is 2. The molecule has 0 aliphatic rings. The third-order valence-electron chi connectivity index (χ3n) is 1.47. The van der Waals surface area contributed by atoms with Gasteiger partial charge in [-0.05, 0) is 24.6 Å². The highest BCUT2D eigenvalue weighted by Gasteiger charge is 2.10. The van der Waals surface area contributed by atoms with E-state index in [4.69, 9.17) is 5.11 Å². The Bertz CT molecular complexity index is 346. The number of aliphatic carboxylic acids is 1. The molecule has 0 unspecified atom stereocenters. The number of nitrogens with one attached hydrogen (secondary N) is 1. The van der Waals surface area contributed by atoms with Crippen LogP contribution in [-0.4, -0.2) is 17.0 Å². The second-order valence-corrected chi connectivity index (χ2v) is 2.63. The zero-order chi connectivity index (χ0) is 9.84. The molecule has 0 saturated heterocycles. The molecular weight excluding hydrogens is 170 g/mol. The van der Waals surface area contributed by atoms with Crippen molar-refractivity contribution in [3.8, 4) is 0 Å². The summed E-state index contributed by atoms with van der Waals surface area (Å²) in [5.41, 5.74) is 1.45. The molecule has 4 nitrogen and oxygen atoms in total. The minimum absolute atomic E-state index is 0.493. The Kier molecular flexibility index (Phi) is 2.64. The van der Waals surface area contributed by atoms with Crippen LogP contribution in [0.1, 0.15) is 5.56 Å². The highest BCUT2D eigenvalue weighted by molar-refractivity contribution is 6.36. The van der Waals surface area contributed by atoms with Crippen LogP contribution in [0, 0.1) is 6.92 Å². The lowest BCUT2D eigenvalue weighted by atomic mass is 10.2. The fourth-order valence-electron chi connectivity index (χ4n) is 0.907. The maximum atomic E-state index is 10.7. The number of carbonyl (C=O) groups is 2. The van der Waals surface area contributed by atoms with Crippen molar-refractivity contribution in [2.24, 2.45) is 0 Å². The van der Waals surface area contributed by atoms with E-state index in [1.54, 1.807) is 18.2 Å². The van der Waals surface area contributed by atoms with Crippen LogP contribution in [-0.2, 0) is 9.59 Å². The summed E-state index contributed by atoms with van der Waals surface area (Å²) in [6.45, 7) is 1.86. The number of benzene rings is 1. The molecule has 0 radical (unpaired) electrons. The van der Waals surface area contributed by atoms with Crippen molar-refractivity contribution in [1.29, 1.82) is 0 Å². The van der Waals surface area contributed by atoms with Gasteiger partial charge in [-0.15, -0.1) is 0 Å². The molecule has 0 aromatic heterocycles. The minimum Gasteiger partial charge on any atom is -0.474 e. The van der Waals surface area contributed by atoms with Crippen molar-refractivity contribution >= 4 is 17.6 Å². The van der Waals surface area contributed by atoms with E-state index < -0.39 is 11.9 Å². The Morgan fingerprint density at radius 3 is 2.62 bits per heavy atom. The Morgan fingerprint density at radius 1 is 1.38 bits per heavy atom. The molecule has 1 amide bonds. The van der Waals surface area contributed by atoms with E-state index >= 15 is 0 Å². The molecule has 0 saturated carbocycles. The van der Waals surface area contributed by atoms with Crippen LogP contribution in [0.25, 0.3) is 0 Å². The van der Waals surface area contributed by atoms with Gasteiger partial charge >= 0.3 is 11.9 Å². The summed E-state index contributed by atoms with van der Waals surface area (Å²) in [5.74, 6) is -2.51. The van der Waals surface area contributed by atoms with Crippen LogP contribution in [0.4, 0.5) is 5.69 Å². The third-order valence-corrected chi connectivity index (χ3v) is 1.47. The van der Waals surface area contributed by atoms with Crippen LogP contribution in [0.3, 0.4) is 0 Å². The second kappa shape index (κ2) is 3.71. The van der Waals surface area contributed by atoms with E-state index in [-0.39, 0.29) is 0 Å². The molecule has 68 valence electrons. The predicted molar refractivity (Wildman–Crippen MR) is 47.4 cm³/mol. The molecule has 0 aliphatic carbocycles. The molecule has 1 aromatic rings. The van der Waals surface area contributed by atoms with Crippen LogP contribution in [0.5, 0.6) is 0 Å². The molecular formula is C9H9NO3. The average molecular weight is 179 g/mol. The van der Waals surface area contributed by atoms with Crippen molar-refractivity contribution in [1.82, 2.24) is 0 Å². The molecule has 0 fully saturated rings. The van der Waals surface area contributed by atoms with Gasteiger partial charge in [0.15, 0.2) is 0 Å². The van der Waals surface area contributed by atoms with Gasteiger partial charge in [0.05, 0.1) is 0 Å². The smallest absolute Gasteiger partial charge is 0.394 e. The molecule has 0 bridgehead atoms. The molecule has 0 spiro atoms. The quantitative estimate of drug-likeness (QED) is 0.632. The summed E-state index contributed by atoms with van der Waals surface area (Å²) in [4.78, 5) is 20.9. The molecule has 0 atom stereocenters. The average Bonchev–Trinajstić information content (AvgIpc) is 2.04. The maximum Gasteiger partial charge on any atom is 0.394 e. The third kappa shape index (κ3) is 2.59. The van der Waals surface area contributed by atoms with Gasteiger partial charge in [0.25, 0.3) is 0 Å². The first-order chi connectivity index (χ1) is 6.09. The van der Waals surface area contributed by atoms with Crippen molar-refractivity contribution in [3.63, 3.8) is 0 Å². The summed E-state index contributed by atoms with van der Waals surface area (Å²) in [6, 6.07) is 6.93. The van der Waals surface area contributed by atoms with Gasteiger partial charge in [0.1, 0.15) is 0 Å². The monoisotopic (exact) mass is 179 g/mol. The van der Waals surface area contributed by atoms with E-state index in [0.717, 1.165) is 5.56 Å². The van der Waals surface area contributed by atoms with Crippen LogP contribution >= 0.6 is 0 Å². The highest BCUT2D eigenvalue weighted by atomic mass is 16.4. The Morgan fingerprint density at radius 2 is 2.08 bits per heavy atom. The van der Waals surface area contributed by atoms with Gasteiger partial charge in [-0.1, -0.05) is 12.1 Å². The van der Waals surface area contributed by atoms with E-state index in [1.165, 1.54) is 0 Å². The lowest BCUT2D eigenvalue weighted by Crippen LogP contribution is -2.21. The fourth-order valence-corrected chi connectivity index (χ4v) is 0.907. The first-order valence-corrected chi connectivity index (χ1v) is 3.70. The molecule has 0 heterocycles. The SMILES string of the molecule is Cc1cccc(NC(=O)C(=O)O)c1. The van der Waals surface area contributed by atoms with Crippen molar-refractivity contribution in [2.45, 2.75) is 6.92 Å². The van der Waals surface area contributed by atoms with Crippen molar-refractivity contribution in [2.75, 3.05) is 5.32 Å².